The van der Waals surface area contributed by atoms with E-state index < -0.39 is 6.04 Å². The molecule has 1 aromatic rings. The molecule has 0 spiro atoms. The molecule has 0 saturated carbocycles. The second-order valence-electron chi connectivity index (χ2n) is 5.20. The lowest BCUT2D eigenvalue weighted by molar-refractivity contribution is -0.131. The van der Waals surface area contributed by atoms with Crippen molar-refractivity contribution in [1.29, 1.82) is 0 Å². The van der Waals surface area contributed by atoms with Crippen LogP contribution in [0.1, 0.15) is 38.7 Å². The first kappa shape index (κ1) is 13.6. The Labute approximate surface area is 113 Å². The highest BCUT2D eigenvalue weighted by atomic mass is 16.2. The summed E-state index contributed by atoms with van der Waals surface area (Å²) in [6, 6.07) is 7.46. The third-order valence-corrected chi connectivity index (χ3v) is 3.48. The zero-order valence-corrected chi connectivity index (χ0v) is 11.6. The van der Waals surface area contributed by atoms with Gasteiger partial charge in [0.25, 0.3) is 0 Å². The highest BCUT2D eigenvalue weighted by Gasteiger charge is 2.32. The summed E-state index contributed by atoms with van der Waals surface area (Å²) in [5, 5.41) is 2.72. The zero-order valence-electron chi connectivity index (χ0n) is 11.6. The van der Waals surface area contributed by atoms with Gasteiger partial charge < -0.3 is 10.2 Å². The summed E-state index contributed by atoms with van der Waals surface area (Å²) < 4.78 is 0. The summed E-state index contributed by atoms with van der Waals surface area (Å²) in [4.78, 5) is 25.4. The monoisotopic (exact) mass is 260 g/mol. The maximum Gasteiger partial charge on any atom is 0.250 e. The fraction of sp³-hybridized carbons (Fsp3) is 0.467. The van der Waals surface area contributed by atoms with Crippen molar-refractivity contribution in [2.45, 2.75) is 39.2 Å². The molecule has 2 rings (SSSR count). The number of nitrogens with zero attached hydrogens (tertiary/aromatic N) is 1. The van der Waals surface area contributed by atoms with Crippen molar-refractivity contribution >= 4 is 17.5 Å². The molecule has 0 bridgehead atoms. The molecule has 2 amide bonds. The van der Waals surface area contributed by atoms with E-state index in [4.69, 9.17) is 0 Å². The molecule has 4 heteroatoms. The number of piperazine rings is 1. The molecule has 1 aliphatic heterocycles. The minimum Gasteiger partial charge on any atom is -0.343 e. The van der Waals surface area contributed by atoms with Gasteiger partial charge in [0.2, 0.25) is 11.8 Å². The predicted octanol–water partition coefficient (Wildman–Crippen LogP) is 2.05. The standard InChI is InChI=1S/C15H20N2O2/c1-4-13-15(19)17(9-14(18)16-13)12-7-5-11(6-8-12)10(2)3/h5-8,10,13H,4,9H2,1-3H3,(H,16,18). The Bertz CT molecular complexity index is 479. The van der Waals surface area contributed by atoms with Gasteiger partial charge in [0.05, 0.1) is 0 Å². The van der Waals surface area contributed by atoms with E-state index >= 15 is 0 Å². The van der Waals surface area contributed by atoms with Crippen LogP contribution >= 0.6 is 0 Å². The molecule has 1 heterocycles. The van der Waals surface area contributed by atoms with E-state index in [1.807, 2.05) is 31.2 Å². The van der Waals surface area contributed by atoms with Crippen LogP contribution in [-0.2, 0) is 9.59 Å². The van der Waals surface area contributed by atoms with Gasteiger partial charge in [0, 0.05) is 5.69 Å². The van der Waals surface area contributed by atoms with Crippen LogP contribution in [0.3, 0.4) is 0 Å². The fourth-order valence-electron chi connectivity index (χ4n) is 2.25. The predicted molar refractivity (Wildman–Crippen MR) is 75.1 cm³/mol. The number of anilines is 1. The molecule has 1 N–H and O–H groups in total. The van der Waals surface area contributed by atoms with Gasteiger partial charge in [0.1, 0.15) is 12.6 Å². The van der Waals surface area contributed by atoms with E-state index in [9.17, 15) is 9.59 Å². The zero-order chi connectivity index (χ0) is 14.0. The van der Waals surface area contributed by atoms with Crippen molar-refractivity contribution in [1.82, 2.24) is 5.32 Å². The first-order chi connectivity index (χ1) is 9.02. The number of hydrogen-bond acceptors (Lipinski definition) is 2. The maximum absolute atomic E-state index is 12.2. The molecule has 1 aromatic carbocycles. The summed E-state index contributed by atoms with van der Waals surface area (Å²) in [7, 11) is 0. The van der Waals surface area contributed by atoms with E-state index in [-0.39, 0.29) is 18.4 Å². The van der Waals surface area contributed by atoms with Crippen LogP contribution in [-0.4, -0.2) is 24.4 Å². The lowest BCUT2D eigenvalue weighted by Gasteiger charge is -2.32. The quantitative estimate of drug-likeness (QED) is 0.904. The van der Waals surface area contributed by atoms with Gasteiger partial charge >= 0.3 is 0 Å². The first-order valence-electron chi connectivity index (χ1n) is 6.73. The smallest absolute Gasteiger partial charge is 0.250 e. The van der Waals surface area contributed by atoms with E-state index in [1.165, 1.54) is 5.56 Å². The van der Waals surface area contributed by atoms with Crippen molar-refractivity contribution in [2.75, 3.05) is 11.4 Å². The minimum atomic E-state index is -0.397. The number of rotatable bonds is 3. The van der Waals surface area contributed by atoms with E-state index in [1.54, 1.807) is 4.90 Å². The Morgan fingerprint density at radius 3 is 2.42 bits per heavy atom. The largest absolute Gasteiger partial charge is 0.343 e. The van der Waals surface area contributed by atoms with Gasteiger partial charge in [-0.05, 0) is 30.0 Å². The summed E-state index contributed by atoms with van der Waals surface area (Å²) in [6.45, 7) is 6.26. The highest BCUT2D eigenvalue weighted by Crippen LogP contribution is 2.22. The van der Waals surface area contributed by atoms with Crippen LogP contribution < -0.4 is 10.2 Å². The normalized spacial score (nSPS) is 19.8. The van der Waals surface area contributed by atoms with Crippen LogP contribution in [0.25, 0.3) is 0 Å². The van der Waals surface area contributed by atoms with Crippen molar-refractivity contribution in [3.63, 3.8) is 0 Å². The summed E-state index contributed by atoms with van der Waals surface area (Å²) in [6.07, 6.45) is 0.616. The number of nitrogens with one attached hydrogen (secondary N) is 1. The first-order valence-corrected chi connectivity index (χ1v) is 6.73. The molecular weight excluding hydrogens is 240 g/mol. The van der Waals surface area contributed by atoms with Crippen LogP contribution in [0.5, 0.6) is 0 Å². The Morgan fingerprint density at radius 1 is 1.26 bits per heavy atom. The van der Waals surface area contributed by atoms with Crippen LogP contribution in [0, 0.1) is 0 Å². The Morgan fingerprint density at radius 2 is 1.89 bits per heavy atom. The SMILES string of the molecule is CCC1NC(=O)CN(c2ccc(C(C)C)cc2)C1=O. The average Bonchev–Trinajstić information content (AvgIpc) is 2.41. The number of hydrogen-bond donors (Lipinski definition) is 1. The summed E-state index contributed by atoms with van der Waals surface area (Å²) >= 11 is 0. The van der Waals surface area contributed by atoms with Gasteiger partial charge in [-0.2, -0.15) is 0 Å². The van der Waals surface area contributed by atoms with Crippen molar-refractivity contribution in [3.8, 4) is 0 Å². The van der Waals surface area contributed by atoms with Gasteiger partial charge in [-0.3, -0.25) is 9.59 Å². The van der Waals surface area contributed by atoms with Gasteiger partial charge in [-0.1, -0.05) is 32.9 Å². The van der Waals surface area contributed by atoms with Gasteiger partial charge in [-0.15, -0.1) is 0 Å². The lowest BCUT2D eigenvalue weighted by Crippen LogP contribution is -2.58. The van der Waals surface area contributed by atoms with E-state index in [0.29, 0.717) is 12.3 Å². The van der Waals surface area contributed by atoms with E-state index in [0.717, 1.165) is 5.69 Å². The number of amides is 2. The van der Waals surface area contributed by atoms with Crippen molar-refractivity contribution in [3.05, 3.63) is 29.8 Å². The van der Waals surface area contributed by atoms with Crippen LogP contribution in [0.2, 0.25) is 0 Å². The average molecular weight is 260 g/mol. The Hall–Kier alpha value is -1.84. The minimum absolute atomic E-state index is 0.0283. The molecule has 0 aliphatic carbocycles. The van der Waals surface area contributed by atoms with E-state index in [2.05, 4.69) is 19.2 Å². The molecule has 1 fully saturated rings. The number of carbonyl (C=O) groups is 2. The second-order valence-corrected chi connectivity index (χ2v) is 5.20. The third kappa shape index (κ3) is 2.78. The van der Waals surface area contributed by atoms with Gasteiger partial charge in [-0.25, -0.2) is 0 Å². The second kappa shape index (κ2) is 5.43. The third-order valence-electron chi connectivity index (χ3n) is 3.48. The van der Waals surface area contributed by atoms with Crippen molar-refractivity contribution in [2.24, 2.45) is 0 Å². The highest BCUT2D eigenvalue weighted by molar-refractivity contribution is 6.06. The maximum atomic E-state index is 12.2. The Kier molecular flexibility index (Phi) is 3.88. The fourth-order valence-corrected chi connectivity index (χ4v) is 2.25. The molecule has 19 heavy (non-hydrogen) atoms. The molecule has 0 radical (unpaired) electrons. The molecule has 1 aliphatic rings. The van der Waals surface area contributed by atoms with Crippen LogP contribution in [0.15, 0.2) is 24.3 Å². The molecule has 1 atom stereocenters. The Balaban J connectivity index is 2.24. The van der Waals surface area contributed by atoms with Gasteiger partial charge in [0.15, 0.2) is 0 Å². The molecular formula is C15H20N2O2. The summed E-state index contributed by atoms with van der Waals surface area (Å²) in [5.74, 6) is 0.330. The molecule has 0 aromatic heterocycles. The molecule has 102 valence electrons. The summed E-state index contributed by atoms with van der Waals surface area (Å²) in [5.41, 5.74) is 2.02. The number of carbonyl (C=O) groups excluding carboxylic acids is 2. The topological polar surface area (TPSA) is 49.4 Å². The molecule has 1 unspecified atom stereocenters. The van der Waals surface area contributed by atoms with Crippen molar-refractivity contribution < 1.29 is 9.59 Å². The molecule has 4 nitrogen and oxygen atoms in total. The van der Waals surface area contributed by atoms with Crippen LogP contribution in [0.4, 0.5) is 5.69 Å². The molecule has 1 saturated heterocycles. The number of benzene rings is 1. The lowest BCUT2D eigenvalue weighted by atomic mass is 10.0.